The van der Waals surface area contributed by atoms with Gasteiger partial charge in [-0.2, -0.15) is 5.10 Å². The Morgan fingerprint density at radius 3 is 2.59 bits per heavy atom. The topological polar surface area (TPSA) is 54.3 Å². The van der Waals surface area contributed by atoms with Crippen molar-refractivity contribution in [2.45, 2.75) is 6.42 Å². The molecule has 0 N–H and O–H groups in total. The van der Waals surface area contributed by atoms with Crippen molar-refractivity contribution in [1.82, 2.24) is 19.7 Å². The quantitative estimate of drug-likeness (QED) is 0.673. The maximum absolute atomic E-state index is 12.6. The Labute approximate surface area is 167 Å². The zero-order valence-electron chi connectivity index (χ0n) is 14.9. The van der Waals surface area contributed by atoms with Gasteiger partial charge < -0.3 is 9.80 Å². The number of halogens is 2. The van der Waals surface area contributed by atoms with Gasteiger partial charge in [0, 0.05) is 33.2 Å². The van der Waals surface area contributed by atoms with E-state index in [-0.39, 0.29) is 5.91 Å². The minimum absolute atomic E-state index is 0.101. The van der Waals surface area contributed by atoms with Gasteiger partial charge in [-0.25, -0.2) is 4.98 Å². The number of fused-ring (bicyclic) bond motifs is 1. The number of aryl methyl sites for hydroxylation is 1. The number of nitrogens with zero attached hydrogens (tertiary/aromatic N) is 5. The highest BCUT2D eigenvalue weighted by Gasteiger charge is 2.22. The van der Waals surface area contributed by atoms with Crippen LogP contribution in [0.5, 0.6) is 0 Å². The van der Waals surface area contributed by atoms with Gasteiger partial charge in [-0.15, -0.1) is 0 Å². The van der Waals surface area contributed by atoms with E-state index in [1.165, 1.54) is 0 Å². The third-order valence-electron chi connectivity index (χ3n) is 4.89. The predicted molar refractivity (Wildman–Crippen MR) is 107 cm³/mol. The van der Waals surface area contributed by atoms with Crippen LogP contribution in [0.4, 0.5) is 5.82 Å². The van der Waals surface area contributed by atoms with Gasteiger partial charge in [0.25, 0.3) is 0 Å². The predicted octanol–water partition coefficient (Wildman–Crippen LogP) is 3.17. The van der Waals surface area contributed by atoms with Gasteiger partial charge in [-0.1, -0.05) is 29.3 Å². The van der Waals surface area contributed by atoms with Gasteiger partial charge >= 0.3 is 0 Å². The van der Waals surface area contributed by atoms with Crippen molar-refractivity contribution in [3.63, 3.8) is 0 Å². The van der Waals surface area contributed by atoms with Gasteiger partial charge in [-0.3, -0.25) is 9.48 Å². The number of rotatable bonds is 3. The molecule has 6 nitrogen and oxygen atoms in total. The second-order valence-electron chi connectivity index (χ2n) is 6.64. The van der Waals surface area contributed by atoms with Crippen LogP contribution in [0.3, 0.4) is 0 Å². The Kier molecular flexibility index (Phi) is 4.93. The van der Waals surface area contributed by atoms with E-state index >= 15 is 0 Å². The summed E-state index contributed by atoms with van der Waals surface area (Å²) in [4.78, 5) is 21.4. The summed E-state index contributed by atoms with van der Waals surface area (Å²) in [5.74, 6) is 1.02. The Bertz CT molecular complexity index is 995. The molecule has 8 heteroatoms. The SMILES string of the molecule is Cn1ncc2nc(N3CCN(C(=O)Cc4ccc(Cl)c(Cl)c4)CC3)ccc21. The fraction of sp³-hybridized carbons (Fsp3) is 0.316. The Morgan fingerprint density at radius 1 is 1.07 bits per heavy atom. The van der Waals surface area contributed by atoms with Crippen LogP contribution in [-0.4, -0.2) is 51.8 Å². The minimum atomic E-state index is 0.101. The maximum Gasteiger partial charge on any atom is 0.227 e. The van der Waals surface area contributed by atoms with Gasteiger partial charge in [0.1, 0.15) is 11.3 Å². The average molecular weight is 404 g/mol. The molecule has 27 heavy (non-hydrogen) atoms. The smallest absolute Gasteiger partial charge is 0.227 e. The van der Waals surface area contributed by atoms with Crippen molar-refractivity contribution in [1.29, 1.82) is 0 Å². The lowest BCUT2D eigenvalue weighted by atomic mass is 10.1. The van der Waals surface area contributed by atoms with Crippen molar-refractivity contribution in [2.24, 2.45) is 7.05 Å². The number of amides is 1. The van der Waals surface area contributed by atoms with Crippen LogP contribution in [-0.2, 0) is 18.3 Å². The molecule has 1 saturated heterocycles. The molecule has 2 aromatic heterocycles. The number of hydrogen-bond donors (Lipinski definition) is 0. The first-order valence-electron chi connectivity index (χ1n) is 8.76. The lowest BCUT2D eigenvalue weighted by molar-refractivity contribution is -0.130. The molecule has 140 valence electrons. The zero-order valence-corrected chi connectivity index (χ0v) is 16.4. The fourth-order valence-electron chi connectivity index (χ4n) is 3.33. The van der Waals surface area contributed by atoms with Crippen LogP contribution in [0.2, 0.25) is 10.0 Å². The van der Waals surface area contributed by atoms with Crippen LogP contribution in [0.15, 0.2) is 36.5 Å². The normalized spacial score (nSPS) is 14.8. The van der Waals surface area contributed by atoms with Gasteiger partial charge in [0.2, 0.25) is 5.91 Å². The second kappa shape index (κ2) is 7.37. The van der Waals surface area contributed by atoms with Crippen LogP contribution >= 0.6 is 23.2 Å². The maximum atomic E-state index is 12.6. The molecule has 1 aromatic carbocycles. The highest BCUT2D eigenvalue weighted by Crippen LogP contribution is 2.23. The summed E-state index contributed by atoms with van der Waals surface area (Å²) in [6.45, 7) is 2.86. The molecule has 0 saturated carbocycles. The molecule has 0 unspecified atom stereocenters. The highest BCUT2D eigenvalue weighted by molar-refractivity contribution is 6.42. The third-order valence-corrected chi connectivity index (χ3v) is 5.62. The van der Waals surface area contributed by atoms with E-state index in [2.05, 4.69) is 15.0 Å². The zero-order chi connectivity index (χ0) is 19.0. The minimum Gasteiger partial charge on any atom is -0.353 e. The van der Waals surface area contributed by atoms with Crippen LogP contribution < -0.4 is 4.90 Å². The monoisotopic (exact) mass is 403 g/mol. The lowest BCUT2D eigenvalue weighted by Crippen LogP contribution is -2.49. The van der Waals surface area contributed by atoms with Gasteiger partial charge in [-0.05, 0) is 29.8 Å². The third kappa shape index (κ3) is 3.73. The Balaban J connectivity index is 1.38. The summed E-state index contributed by atoms with van der Waals surface area (Å²) in [7, 11) is 1.90. The van der Waals surface area contributed by atoms with Crippen molar-refractivity contribution in [2.75, 3.05) is 31.1 Å². The molecule has 0 atom stereocenters. The Hall–Kier alpha value is -2.31. The van der Waals surface area contributed by atoms with E-state index in [1.54, 1.807) is 18.3 Å². The van der Waals surface area contributed by atoms with Crippen LogP contribution in [0.25, 0.3) is 11.0 Å². The van der Waals surface area contributed by atoms with E-state index < -0.39 is 0 Å². The van der Waals surface area contributed by atoms with E-state index in [0.717, 1.165) is 35.5 Å². The number of anilines is 1. The molecule has 0 spiro atoms. The molecule has 0 aliphatic carbocycles. The van der Waals surface area contributed by atoms with Crippen LogP contribution in [0.1, 0.15) is 5.56 Å². The van der Waals surface area contributed by atoms with Crippen molar-refractivity contribution in [3.05, 3.63) is 52.1 Å². The summed E-state index contributed by atoms with van der Waals surface area (Å²) in [6.07, 6.45) is 2.10. The first-order valence-corrected chi connectivity index (χ1v) is 9.52. The number of aromatic nitrogens is 3. The fourth-order valence-corrected chi connectivity index (χ4v) is 3.65. The molecule has 0 bridgehead atoms. The molecule has 0 radical (unpaired) electrons. The number of pyridine rings is 1. The van der Waals surface area contributed by atoms with Crippen molar-refractivity contribution in [3.8, 4) is 0 Å². The first kappa shape index (κ1) is 18.1. The van der Waals surface area contributed by atoms with Crippen molar-refractivity contribution < 1.29 is 4.79 Å². The van der Waals surface area contributed by atoms with E-state index in [0.29, 0.717) is 29.6 Å². The molecule has 4 rings (SSSR count). The standard InChI is InChI=1S/C19H19Cl2N5O/c1-24-17-4-5-18(23-16(17)12-22-24)25-6-8-26(9-7-25)19(27)11-13-2-3-14(20)15(21)10-13/h2-5,10,12H,6-9,11H2,1H3. The first-order chi connectivity index (χ1) is 13.0. The average Bonchev–Trinajstić information content (AvgIpc) is 3.05. The summed E-state index contributed by atoms with van der Waals surface area (Å²) in [5.41, 5.74) is 2.77. The molecule has 1 fully saturated rings. The molecule has 1 aliphatic heterocycles. The summed E-state index contributed by atoms with van der Waals surface area (Å²) in [6, 6.07) is 9.37. The van der Waals surface area contributed by atoms with E-state index in [9.17, 15) is 4.79 Å². The summed E-state index contributed by atoms with van der Waals surface area (Å²) < 4.78 is 1.81. The van der Waals surface area contributed by atoms with Crippen LogP contribution in [0, 0.1) is 0 Å². The number of benzene rings is 1. The number of hydrogen-bond acceptors (Lipinski definition) is 4. The number of carbonyl (C=O) groups is 1. The van der Waals surface area contributed by atoms with Gasteiger partial charge in [0.15, 0.2) is 0 Å². The van der Waals surface area contributed by atoms with Crippen molar-refractivity contribution >= 4 is 46.0 Å². The molecular weight excluding hydrogens is 385 g/mol. The molecular formula is C19H19Cl2N5O. The van der Waals surface area contributed by atoms with E-state index in [4.69, 9.17) is 23.2 Å². The number of piperazine rings is 1. The number of carbonyl (C=O) groups excluding carboxylic acids is 1. The lowest BCUT2D eigenvalue weighted by Gasteiger charge is -2.35. The molecule has 1 amide bonds. The molecule has 3 aromatic rings. The molecule has 3 heterocycles. The Morgan fingerprint density at radius 2 is 1.85 bits per heavy atom. The summed E-state index contributed by atoms with van der Waals surface area (Å²) in [5, 5.41) is 5.21. The van der Waals surface area contributed by atoms with E-state index in [1.807, 2.05) is 34.8 Å². The molecule has 1 aliphatic rings. The summed E-state index contributed by atoms with van der Waals surface area (Å²) >= 11 is 12.0. The second-order valence-corrected chi connectivity index (χ2v) is 7.45. The largest absolute Gasteiger partial charge is 0.353 e. The highest BCUT2D eigenvalue weighted by atomic mass is 35.5. The van der Waals surface area contributed by atoms with Gasteiger partial charge in [0.05, 0.1) is 28.2 Å².